The van der Waals surface area contributed by atoms with Gasteiger partial charge in [-0.05, 0) is 0 Å². The Hall–Kier alpha value is 0.0374. The summed E-state index contributed by atoms with van der Waals surface area (Å²) in [5.74, 6) is 0. The Morgan fingerprint density at radius 1 is 0.342 bits per heavy atom. The summed E-state index contributed by atoms with van der Waals surface area (Å²) in [5.41, 5.74) is 2.86. The van der Waals surface area contributed by atoms with Crippen molar-refractivity contribution in [3.05, 3.63) is 48.5 Å². The van der Waals surface area contributed by atoms with E-state index in [1.165, 1.54) is 88.2 Å². The van der Waals surface area contributed by atoms with Gasteiger partial charge in [0.15, 0.2) is 0 Å². The van der Waals surface area contributed by atoms with E-state index in [-0.39, 0.29) is 0 Å². The molecule has 2 aromatic carbocycles. The second kappa shape index (κ2) is 19.2. The average molecular weight is 732 g/mol. The molecule has 0 aliphatic heterocycles. The summed E-state index contributed by atoms with van der Waals surface area (Å²) in [6.45, 7) is 14.3. The zero-order chi connectivity index (χ0) is 27.7. The molecule has 0 amide bonds. The topological polar surface area (TPSA) is 0 Å². The third-order valence-corrected chi connectivity index (χ3v) is 40.7. The second-order valence-electron chi connectivity index (χ2n) is 12.3. The van der Waals surface area contributed by atoms with E-state index in [9.17, 15) is 0 Å². The molecule has 0 N–H and O–H groups in total. The second-order valence-corrected chi connectivity index (χ2v) is 38.8. The van der Waals surface area contributed by atoms with Crippen molar-refractivity contribution >= 4 is 43.9 Å². The van der Waals surface area contributed by atoms with E-state index in [1.807, 2.05) is 7.16 Å². The molecular weight excluding hydrogens is 670 g/mol. The number of unbranched alkanes of at least 4 members (excludes halogenated alkanes) is 6. The predicted octanol–water partition coefficient (Wildman–Crippen LogP) is 11.5. The van der Waals surface area contributed by atoms with Gasteiger partial charge in [0.25, 0.3) is 0 Å². The zero-order valence-electron chi connectivity index (χ0n) is 26.3. The molecule has 0 radical (unpaired) electrons. The summed E-state index contributed by atoms with van der Waals surface area (Å²) in [6, 6.07) is 20.3. The van der Waals surface area contributed by atoms with Crippen LogP contribution in [0, 0.1) is 0 Å². The number of benzene rings is 2. The van der Waals surface area contributed by atoms with Crippen molar-refractivity contribution in [1.29, 1.82) is 0 Å². The minimum absolute atomic E-state index is 1.35. The van der Waals surface area contributed by atoms with Crippen LogP contribution >= 0.6 is 0 Å². The van der Waals surface area contributed by atoms with Crippen molar-refractivity contribution in [2.24, 2.45) is 0 Å². The van der Waals surface area contributed by atoms with E-state index in [4.69, 9.17) is 0 Å². The van der Waals surface area contributed by atoms with Gasteiger partial charge >= 0.3 is 249 Å². The third-order valence-electron chi connectivity index (χ3n) is 9.38. The van der Waals surface area contributed by atoms with Crippen LogP contribution in [0.15, 0.2) is 48.5 Å². The predicted molar refractivity (Wildman–Crippen MR) is 181 cm³/mol. The molecule has 2 heteroatoms. The number of hydrogen-bond acceptors (Lipinski definition) is 0. The van der Waals surface area contributed by atoms with Gasteiger partial charge in [0.05, 0.1) is 0 Å². The molecule has 0 bridgehead atoms. The molecule has 0 saturated heterocycles. The van der Waals surface area contributed by atoms with Gasteiger partial charge in [-0.15, -0.1) is 0 Å². The van der Waals surface area contributed by atoms with Crippen LogP contribution in [0.2, 0.25) is 26.6 Å². The van der Waals surface area contributed by atoms with Crippen molar-refractivity contribution in [2.75, 3.05) is 0 Å². The molecule has 0 saturated carbocycles. The van der Waals surface area contributed by atoms with Gasteiger partial charge in [0, 0.05) is 0 Å². The molecular formula is C36H62Sn2. The summed E-state index contributed by atoms with van der Waals surface area (Å²) in [7, 11) is 0. The Kier molecular flexibility index (Phi) is 17.3. The first-order valence-electron chi connectivity index (χ1n) is 16.8. The molecule has 0 nitrogen and oxygen atoms in total. The molecule has 2 aromatic rings. The van der Waals surface area contributed by atoms with E-state index < -0.39 is 36.8 Å². The molecule has 0 atom stereocenters. The van der Waals surface area contributed by atoms with Crippen molar-refractivity contribution in [1.82, 2.24) is 0 Å². The van der Waals surface area contributed by atoms with Crippen molar-refractivity contribution in [3.63, 3.8) is 0 Å². The average Bonchev–Trinajstić information content (AvgIpc) is 2.97. The van der Waals surface area contributed by atoms with Gasteiger partial charge < -0.3 is 0 Å². The summed E-state index contributed by atoms with van der Waals surface area (Å²) in [6.07, 6.45) is 16.7. The van der Waals surface area contributed by atoms with Gasteiger partial charge in [-0.3, -0.25) is 0 Å². The summed E-state index contributed by atoms with van der Waals surface area (Å²) < 4.78 is 13.0. The zero-order valence-corrected chi connectivity index (χ0v) is 32.1. The van der Waals surface area contributed by atoms with E-state index >= 15 is 0 Å². The summed E-state index contributed by atoms with van der Waals surface area (Å²) in [5, 5.41) is 0. The van der Waals surface area contributed by atoms with E-state index in [2.05, 4.69) is 90.1 Å². The quantitative estimate of drug-likeness (QED) is 0.112. The maximum absolute atomic E-state index is 2.59. The van der Waals surface area contributed by atoms with Crippen LogP contribution in [0.3, 0.4) is 0 Å². The standard InChI is InChI=1S/C12H8.6C4H9.2Sn/c1-3-7-11(8-4-1)12-9-5-2-6-10-12;6*1-3-4-2;;/h3-10H;6*1,3-4H2,2H3;;. The van der Waals surface area contributed by atoms with Crippen LogP contribution in [0.1, 0.15) is 119 Å². The van der Waals surface area contributed by atoms with Crippen molar-refractivity contribution < 1.29 is 0 Å². The fourth-order valence-corrected chi connectivity index (χ4v) is 38.6. The molecule has 0 aromatic heterocycles. The Morgan fingerprint density at radius 2 is 0.553 bits per heavy atom. The first-order chi connectivity index (χ1) is 18.5. The maximum atomic E-state index is 2.59. The first-order valence-corrected chi connectivity index (χ1v) is 31.7. The van der Waals surface area contributed by atoms with Gasteiger partial charge in [0.1, 0.15) is 0 Å². The van der Waals surface area contributed by atoms with E-state index in [0.717, 1.165) is 0 Å². The number of rotatable bonds is 21. The minimum atomic E-state index is -2.34. The Balaban J connectivity index is 2.35. The monoisotopic (exact) mass is 734 g/mol. The van der Waals surface area contributed by atoms with Crippen LogP contribution in [-0.2, 0) is 0 Å². The van der Waals surface area contributed by atoms with Crippen LogP contribution in [0.25, 0.3) is 11.1 Å². The van der Waals surface area contributed by atoms with E-state index in [0.29, 0.717) is 0 Å². The van der Waals surface area contributed by atoms with Gasteiger partial charge in [-0.25, -0.2) is 0 Å². The van der Waals surface area contributed by atoms with E-state index in [1.54, 1.807) is 26.6 Å². The van der Waals surface area contributed by atoms with Crippen LogP contribution < -0.4 is 7.16 Å². The Labute approximate surface area is 246 Å². The summed E-state index contributed by atoms with van der Waals surface area (Å²) in [4.78, 5) is 0. The van der Waals surface area contributed by atoms with Crippen LogP contribution in [-0.4, -0.2) is 36.8 Å². The van der Waals surface area contributed by atoms with Crippen LogP contribution in [0.5, 0.6) is 0 Å². The van der Waals surface area contributed by atoms with Gasteiger partial charge in [0.2, 0.25) is 0 Å². The molecule has 0 unspecified atom stereocenters. The molecule has 214 valence electrons. The molecule has 0 fully saturated rings. The third kappa shape index (κ3) is 10.1. The van der Waals surface area contributed by atoms with Crippen molar-refractivity contribution in [2.45, 2.75) is 145 Å². The fraction of sp³-hybridized carbons (Fsp3) is 0.667. The van der Waals surface area contributed by atoms with Crippen LogP contribution in [0.4, 0.5) is 0 Å². The fourth-order valence-electron chi connectivity index (χ4n) is 6.74. The molecule has 2 rings (SSSR count). The van der Waals surface area contributed by atoms with Crippen molar-refractivity contribution in [3.8, 4) is 11.1 Å². The molecule has 0 heterocycles. The first kappa shape index (κ1) is 34.2. The Morgan fingerprint density at radius 3 is 0.737 bits per heavy atom. The molecule has 0 aliphatic carbocycles. The summed E-state index contributed by atoms with van der Waals surface area (Å²) >= 11 is -4.68. The van der Waals surface area contributed by atoms with Gasteiger partial charge in [-0.1, -0.05) is 0 Å². The molecule has 38 heavy (non-hydrogen) atoms. The SMILES string of the molecule is CCC[CH2][Sn]([CH2]CCC)([CH2]CCC)[c]1ccc(-c2cc[c]([Sn]([CH2]CCC)([CH2]CCC)[CH2]CCC)cc2)cc1. The Bertz CT molecular complexity index is 735. The number of hydrogen-bond donors (Lipinski definition) is 0. The normalized spacial score (nSPS) is 12.3. The molecule has 0 aliphatic rings. The molecule has 0 spiro atoms. The van der Waals surface area contributed by atoms with Gasteiger partial charge in [-0.2, -0.15) is 0 Å².